The van der Waals surface area contributed by atoms with Crippen molar-refractivity contribution in [1.82, 2.24) is 30.1 Å². The highest BCUT2D eigenvalue weighted by Gasteiger charge is 2.16. The molecule has 0 aliphatic heterocycles. The average molecular weight is 494 g/mol. The van der Waals surface area contributed by atoms with Gasteiger partial charge in [0.1, 0.15) is 11.2 Å². The van der Waals surface area contributed by atoms with Crippen LogP contribution in [0.25, 0.3) is 55.2 Å². The average Bonchev–Trinajstić information content (AvgIpc) is 3.61. The minimum Gasteiger partial charge on any atom is -0.353 e. The summed E-state index contributed by atoms with van der Waals surface area (Å²) >= 11 is 1.73. The molecule has 6 rings (SSSR count). The molecule has 6 aromatic heterocycles. The van der Waals surface area contributed by atoms with Crippen molar-refractivity contribution in [2.75, 3.05) is 5.32 Å². The summed E-state index contributed by atoms with van der Waals surface area (Å²) in [5.41, 5.74) is 7.34. The second-order valence-electron chi connectivity index (χ2n) is 8.64. The van der Waals surface area contributed by atoms with Crippen LogP contribution in [0.2, 0.25) is 0 Å². The third-order valence-electron chi connectivity index (χ3n) is 5.98. The molecular formula is C27H23N7OS. The molecule has 9 heteroatoms. The Morgan fingerprint density at radius 2 is 1.97 bits per heavy atom. The van der Waals surface area contributed by atoms with Crippen molar-refractivity contribution >= 4 is 44.9 Å². The zero-order valence-electron chi connectivity index (χ0n) is 19.8. The Bertz CT molecular complexity index is 1730. The topological polar surface area (TPSA) is 112 Å². The highest BCUT2D eigenvalue weighted by atomic mass is 32.1. The lowest BCUT2D eigenvalue weighted by molar-refractivity contribution is -0.116. The van der Waals surface area contributed by atoms with E-state index < -0.39 is 0 Å². The number of nitrogens with zero attached hydrogens (tertiary/aromatic N) is 4. The number of aromatic nitrogens is 6. The molecule has 6 aromatic rings. The highest BCUT2D eigenvalue weighted by molar-refractivity contribution is 7.15. The Kier molecular flexibility index (Phi) is 5.54. The van der Waals surface area contributed by atoms with Gasteiger partial charge in [0.05, 0.1) is 39.4 Å². The van der Waals surface area contributed by atoms with Crippen molar-refractivity contribution in [2.45, 2.75) is 26.7 Å². The van der Waals surface area contributed by atoms with E-state index in [4.69, 9.17) is 4.98 Å². The van der Waals surface area contributed by atoms with Crippen LogP contribution in [-0.2, 0) is 4.79 Å². The summed E-state index contributed by atoms with van der Waals surface area (Å²) in [5, 5.41) is 11.6. The Morgan fingerprint density at radius 1 is 1.06 bits per heavy atom. The highest BCUT2D eigenvalue weighted by Crippen LogP contribution is 2.35. The molecule has 0 bridgehead atoms. The third-order valence-corrected chi connectivity index (χ3v) is 6.99. The molecular weight excluding hydrogens is 470 g/mol. The quantitative estimate of drug-likeness (QED) is 0.251. The predicted octanol–water partition coefficient (Wildman–Crippen LogP) is 6.34. The molecule has 0 atom stereocenters. The van der Waals surface area contributed by atoms with Crippen molar-refractivity contribution < 1.29 is 4.79 Å². The fourth-order valence-corrected chi connectivity index (χ4v) is 5.16. The van der Waals surface area contributed by atoms with Gasteiger partial charge in [0.2, 0.25) is 5.91 Å². The van der Waals surface area contributed by atoms with Gasteiger partial charge in [-0.15, -0.1) is 11.3 Å². The van der Waals surface area contributed by atoms with Crippen LogP contribution in [0, 0.1) is 6.92 Å². The molecule has 0 radical (unpaired) electrons. The van der Waals surface area contributed by atoms with Gasteiger partial charge in [0, 0.05) is 40.2 Å². The second-order valence-corrected chi connectivity index (χ2v) is 9.93. The molecule has 0 spiro atoms. The minimum atomic E-state index is -0.0256. The number of aryl methyl sites for hydroxylation is 1. The van der Waals surface area contributed by atoms with Gasteiger partial charge in [-0.2, -0.15) is 5.10 Å². The number of fused-ring (bicyclic) bond motifs is 2. The van der Waals surface area contributed by atoms with Crippen LogP contribution in [0.15, 0.2) is 61.1 Å². The van der Waals surface area contributed by atoms with E-state index in [2.05, 4.69) is 55.6 Å². The van der Waals surface area contributed by atoms with E-state index in [1.165, 1.54) is 4.88 Å². The molecule has 0 saturated carbocycles. The molecule has 0 unspecified atom stereocenters. The fourth-order valence-electron chi connectivity index (χ4n) is 4.29. The van der Waals surface area contributed by atoms with Crippen molar-refractivity contribution in [1.29, 1.82) is 0 Å². The van der Waals surface area contributed by atoms with Gasteiger partial charge in [-0.05, 0) is 55.8 Å². The lowest BCUT2D eigenvalue weighted by Crippen LogP contribution is -2.10. The monoisotopic (exact) mass is 493 g/mol. The lowest BCUT2D eigenvalue weighted by atomic mass is 10.1. The predicted molar refractivity (Wildman–Crippen MR) is 144 cm³/mol. The number of anilines is 1. The van der Waals surface area contributed by atoms with Gasteiger partial charge < -0.3 is 10.3 Å². The van der Waals surface area contributed by atoms with E-state index in [9.17, 15) is 4.79 Å². The Labute approximate surface area is 210 Å². The lowest BCUT2D eigenvalue weighted by Gasteiger charge is -2.06. The zero-order chi connectivity index (χ0) is 24.6. The number of aromatic amines is 2. The van der Waals surface area contributed by atoms with Crippen LogP contribution >= 0.6 is 11.3 Å². The van der Waals surface area contributed by atoms with Crippen molar-refractivity contribution in [2.24, 2.45) is 0 Å². The third kappa shape index (κ3) is 4.03. The Balaban J connectivity index is 1.40. The van der Waals surface area contributed by atoms with E-state index in [-0.39, 0.29) is 5.91 Å². The van der Waals surface area contributed by atoms with E-state index in [0.29, 0.717) is 12.1 Å². The van der Waals surface area contributed by atoms with Crippen molar-refractivity contribution in [3.63, 3.8) is 0 Å². The van der Waals surface area contributed by atoms with Crippen LogP contribution in [0.5, 0.6) is 0 Å². The molecule has 36 heavy (non-hydrogen) atoms. The number of carbonyl (C=O) groups is 1. The van der Waals surface area contributed by atoms with Crippen LogP contribution in [0.4, 0.5) is 5.69 Å². The summed E-state index contributed by atoms with van der Waals surface area (Å²) in [5.74, 6) is -0.0256. The number of hydrogen-bond donors (Lipinski definition) is 3. The minimum absolute atomic E-state index is 0.0256. The largest absolute Gasteiger partial charge is 0.353 e. The summed E-state index contributed by atoms with van der Waals surface area (Å²) in [7, 11) is 0. The summed E-state index contributed by atoms with van der Waals surface area (Å²) in [6.07, 6.45) is 6.47. The number of pyridine rings is 3. The number of carbonyl (C=O) groups excluding carboxylic acids is 1. The van der Waals surface area contributed by atoms with Crippen LogP contribution in [-0.4, -0.2) is 36.0 Å². The fraction of sp³-hybridized carbons (Fsp3) is 0.148. The van der Waals surface area contributed by atoms with Gasteiger partial charge in [-0.1, -0.05) is 6.92 Å². The van der Waals surface area contributed by atoms with Crippen molar-refractivity contribution in [3.8, 4) is 33.2 Å². The van der Waals surface area contributed by atoms with E-state index in [0.717, 1.165) is 61.6 Å². The standard InChI is InChI=1S/C27H23N7OS/c1-3-4-24(35)30-17-11-16(13-28-14-17)19-6-7-21-26(32-19)27(34-33-21)22-12-18-20(31-22)9-10-29-25(18)23-8-5-15(2)36-23/h5-14,31H,3-4H2,1-2H3,(H,30,35)(H,33,34). The molecule has 6 heterocycles. The number of nitrogens with one attached hydrogen (secondary N) is 3. The molecule has 0 fully saturated rings. The maximum absolute atomic E-state index is 12.0. The smallest absolute Gasteiger partial charge is 0.224 e. The molecule has 8 nitrogen and oxygen atoms in total. The van der Waals surface area contributed by atoms with Gasteiger partial charge in [-0.25, -0.2) is 4.98 Å². The molecule has 0 aliphatic rings. The van der Waals surface area contributed by atoms with E-state index in [1.54, 1.807) is 23.7 Å². The van der Waals surface area contributed by atoms with E-state index in [1.807, 2.05) is 37.4 Å². The first-order valence-electron chi connectivity index (χ1n) is 11.7. The summed E-state index contributed by atoms with van der Waals surface area (Å²) < 4.78 is 0. The first-order chi connectivity index (χ1) is 17.6. The molecule has 0 aromatic carbocycles. The number of thiophene rings is 1. The normalized spacial score (nSPS) is 11.4. The summed E-state index contributed by atoms with van der Waals surface area (Å²) in [6.45, 7) is 4.07. The molecule has 0 aliphatic carbocycles. The van der Waals surface area contributed by atoms with Crippen molar-refractivity contribution in [3.05, 3.63) is 65.9 Å². The number of amides is 1. The second kappa shape index (κ2) is 9.01. The molecule has 1 amide bonds. The number of hydrogen-bond acceptors (Lipinski definition) is 6. The first kappa shape index (κ1) is 22.1. The zero-order valence-corrected chi connectivity index (χ0v) is 20.6. The Hall–Kier alpha value is -4.37. The maximum Gasteiger partial charge on any atom is 0.224 e. The van der Waals surface area contributed by atoms with Crippen LogP contribution in [0.3, 0.4) is 0 Å². The molecule has 0 saturated heterocycles. The SMILES string of the molecule is CCCC(=O)Nc1cncc(-c2ccc3[nH]nc(-c4cc5c(-c6ccc(C)s6)nccc5[nH]4)c3n2)c1. The molecule has 178 valence electrons. The van der Waals surface area contributed by atoms with E-state index >= 15 is 0 Å². The van der Waals surface area contributed by atoms with Crippen LogP contribution < -0.4 is 5.32 Å². The van der Waals surface area contributed by atoms with Gasteiger partial charge >= 0.3 is 0 Å². The molecule has 3 N–H and O–H groups in total. The van der Waals surface area contributed by atoms with Gasteiger partial charge in [0.15, 0.2) is 0 Å². The maximum atomic E-state index is 12.0. The summed E-state index contributed by atoms with van der Waals surface area (Å²) in [4.78, 5) is 31.8. The van der Waals surface area contributed by atoms with Gasteiger partial charge in [0.25, 0.3) is 0 Å². The first-order valence-corrected chi connectivity index (χ1v) is 12.6. The summed E-state index contributed by atoms with van der Waals surface area (Å²) in [6, 6.07) is 14.0. The van der Waals surface area contributed by atoms with Crippen LogP contribution in [0.1, 0.15) is 24.6 Å². The number of rotatable bonds is 6. The number of H-pyrrole nitrogens is 2. The Morgan fingerprint density at radius 3 is 2.81 bits per heavy atom. The van der Waals surface area contributed by atoms with Gasteiger partial charge in [-0.3, -0.25) is 19.9 Å².